The summed E-state index contributed by atoms with van der Waals surface area (Å²) in [5.74, 6) is 1.85. The average molecular weight is 168 g/mol. The minimum atomic E-state index is 0.205. The Morgan fingerprint density at radius 1 is 1.42 bits per heavy atom. The van der Waals surface area contributed by atoms with Gasteiger partial charge in [0.25, 0.3) is 0 Å². The van der Waals surface area contributed by atoms with Crippen LogP contribution in [0.15, 0.2) is 0 Å². The van der Waals surface area contributed by atoms with Crippen LogP contribution in [-0.4, -0.2) is 19.0 Å². The fourth-order valence-electron chi connectivity index (χ4n) is 2.70. The van der Waals surface area contributed by atoms with Crippen LogP contribution in [0.5, 0.6) is 0 Å². The van der Waals surface area contributed by atoms with Crippen molar-refractivity contribution in [1.82, 2.24) is 5.32 Å². The van der Waals surface area contributed by atoms with Gasteiger partial charge in [-0.25, -0.2) is 0 Å². The van der Waals surface area contributed by atoms with Gasteiger partial charge in [-0.15, -0.1) is 0 Å². The lowest BCUT2D eigenvalue weighted by Crippen LogP contribution is -2.44. The van der Waals surface area contributed by atoms with Crippen LogP contribution in [0.3, 0.4) is 0 Å². The van der Waals surface area contributed by atoms with E-state index in [9.17, 15) is 4.79 Å². The van der Waals surface area contributed by atoms with Crippen LogP contribution in [0.1, 0.15) is 19.3 Å². The largest absolute Gasteiger partial charge is 0.359 e. The van der Waals surface area contributed by atoms with Crippen LogP contribution in [0.4, 0.5) is 0 Å². The van der Waals surface area contributed by atoms with Gasteiger partial charge in [-0.05, 0) is 31.1 Å². The Balaban J connectivity index is 1.94. The maximum atomic E-state index is 11.3. The molecule has 2 fully saturated rings. The normalized spacial score (nSPS) is 44.8. The van der Waals surface area contributed by atoms with Crippen molar-refractivity contribution < 1.29 is 4.79 Å². The van der Waals surface area contributed by atoms with E-state index in [2.05, 4.69) is 5.32 Å². The molecule has 1 amide bonds. The Morgan fingerprint density at radius 3 is 2.67 bits per heavy atom. The molecule has 12 heavy (non-hydrogen) atoms. The van der Waals surface area contributed by atoms with Crippen molar-refractivity contribution in [3.63, 3.8) is 0 Å². The highest BCUT2D eigenvalue weighted by Gasteiger charge is 2.47. The number of nitrogens with one attached hydrogen (secondary N) is 1. The highest BCUT2D eigenvalue weighted by molar-refractivity contribution is 5.78. The SMILES string of the molecule is CNC(=O)C1C[C@H]2C[C@@H](N)[C@H]2C1. The summed E-state index contributed by atoms with van der Waals surface area (Å²) in [6, 6.07) is 0.379. The van der Waals surface area contributed by atoms with E-state index in [1.165, 1.54) is 0 Å². The molecule has 2 rings (SSSR count). The van der Waals surface area contributed by atoms with Crippen LogP contribution in [0.25, 0.3) is 0 Å². The summed E-state index contributed by atoms with van der Waals surface area (Å²) in [5, 5.41) is 2.71. The summed E-state index contributed by atoms with van der Waals surface area (Å²) in [7, 11) is 1.71. The van der Waals surface area contributed by atoms with Crippen molar-refractivity contribution in [1.29, 1.82) is 0 Å². The zero-order chi connectivity index (χ0) is 8.72. The van der Waals surface area contributed by atoms with Crippen LogP contribution in [0.2, 0.25) is 0 Å². The Kier molecular flexibility index (Phi) is 1.83. The number of amides is 1. The third-order valence-corrected chi connectivity index (χ3v) is 3.49. The number of carbonyl (C=O) groups is 1. The molecule has 0 saturated heterocycles. The quantitative estimate of drug-likeness (QED) is 0.583. The second-order valence-corrected chi connectivity index (χ2v) is 4.11. The van der Waals surface area contributed by atoms with Crippen LogP contribution in [-0.2, 0) is 4.79 Å². The molecule has 0 heterocycles. The molecule has 0 aliphatic heterocycles. The monoisotopic (exact) mass is 168 g/mol. The van der Waals surface area contributed by atoms with Crippen molar-refractivity contribution in [3.8, 4) is 0 Å². The van der Waals surface area contributed by atoms with E-state index in [1.807, 2.05) is 0 Å². The van der Waals surface area contributed by atoms with Crippen molar-refractivity contribution in [2.45, 2.75) is 25.3 Å². The molecule has 2 aliphatic carbocycles. The maximum Gasteiger partial charge on any atom is 0.222 e. The number of nitrogens with two attached hydrogens (primary N) is 1. The van der Waals surface area contributed by atoms with Crippen LogP contribution < -0.4 is 11.1 Å². The third-order valence-electron chi connectivity index (χ3n) is 3.49. The van der Waals surface area contributed by atoms with E-state index in [0.717, 1.165) is 25.2 Å². The molecule has 2 saturated carbocycles. The first kappa shape index (κ1) is 8.05. The lowest BCUT2D eigenvalue weighted by molar-refractivity contribution is -0.124. The summed E-state index contributed by atoms with van der Waals surface area (Å²) in [5.41, 5.74) is 5.84. The van der Waals surface area contributed by atoms with E-state index in [-0.39, 0.29) is 11.8 Å². The lowest BCUT2D eigenvalue weighted by atomic mass is 9.72. The molecule has 2 aliphatic rings. The number of carbonyl (C=O) groups excluding carboxylic acids is 1. The first-order chi connectivity index (χ1) is 5.72. The first-order valence-electron chi connectivity index (χ1n) is 4.69. The topological polar surface area (TPSA) is 55.1 Å². The average Bonchev–Trinajstić information content (AvgIpc) is 2.41. The standard InChI is InChI=1S/C9H16N2O/c1-11-9(12)6-2-5-4-8(10)7(5)3-6/h5-8H,2-4,10H2,1H3,(H,11,12)/t5-,6?,7-,8+/m0/s1. The molecule has 3 nitrogen and oxygen atoms in total. The van der Waals surface area contributed by atoms with E-state index in [4.69, 9.17) is 5.73 Å². The second kappa shape index (κ2) is 2.73. The molecule has 0 radical (unpaired) electrons. The van der Waals surface area contributed by atoms with Gasteiger partial charge in [-0.2, -0.15) is 0 Å². The second-order valence-electron chi connectivity index (χ2n) is 4.11. The molecule has 68 valence electrons. The summed E-state index contributed by atoms with van der Waals surface area (Å²) in [6.07, 6.45) is 3.22. The summed E-state index contributed by atoms with van der Waals surface area (Å²) >= 11 is 0. The molecular formula is C9H16N2O. The van der Waals surface area contributed by atoms with Gasteiger partial charge in [0.1, 0.15) is 0 Å². The van der Waals surface area contributed by atoms with Crippen LogP contribution in [0, 0.1) is 17.8 Å². The smallest absolute Gasteiger partial charge is 0.222 e. The number of rotatable bonds is 1. The third kappa shape index (κ3) is 1.04. The van der Waals surface area contributed by atoms with Crippen LogP contribution >= 0.6 is 0 Å². The van der Waals surface area contributed by atoms with E-state index in [0.29, 0.717) is 12.0 Å². The first-order valence-corrected chi connectivity index (χ1v) is 4.69. The summed E-state index contributed by atoms with van der Waals surface area (Å²) in [6.45, 7) is 0. The molecule has 0 bridgehead atoms. The zero-order valence-electron chi connectivity index (χ0n) is 7.42. The highest BCUT2D eigenvalue weighted by atomic mass is 16.1. The Morgan fingerprint density at radius 2 is 2.17 bits per heavy atom. The fraction of sp³-hybridized carbons (Fsp3) is 0.889. The molecule has 1 unspecified atom stereocenters. The molecule has 0 spiro atoms. The molecule has 0 aromatic rings. The number of hydrogen-bond acceptors (Lipinski definition) is 2. The molecule has 0 aromatic heterocycles. The minimum absolute atomic E-state index is 0.205. The number of hydrogen-bond donors (Lipinski definition) is 2. The van der Waals surface area contributed by atoms with Gasteiger partial charge in [0, 0.05) is 19.0 Å². The van der Waals surface area contributed by atoms with Gasteiger partial charge in [0.15, 0.2) is 0 Å². The van der Waals surface area contributed by atoms with Gasteiger partial charge >= 0.3 is 0 Å². The van der Waals surface area contributed by atoms with Gasteiger partial charge in [-0.1, -0.05) is 0 Å². The van der Waals surface area contributed by atoms with Crippen molar-refractivity contribution in [2.75, 3.05) is 7.05 Å². The predicted molar refractivity (Wildman–Crippen MR) is 46.4 cm³/mol. The van der Waals surface area contributed by atoms with Crippen molar-refractivity contribution in [2.24, 2.45) is 23.5 Å². The fourth-order valence-corrected chi connectivity index (χ4v) is 2.70. The van der Waals surface area contributed by atoms with Gasteiger partial charge in [-0.3, -0.25) is 4.79 Å². The molecule has 3 heteroatoms. The van der Waals surface area contributed by atoms with E-state index >= 15 is 0 Å². The zero-order valence-corrected chi connectivity index (χ0v) is 7.42. The summed E-state index contributed by atoms with van der Waals surface area (Å²) in [4.78, 5) is 11.3. The Hall–Kier alpha value is -0.570. The molecule has 3 N–H and O–H groups in total. The van der Waals surface area contributed by atoms with E-state index in [1.54, 1.807) is 7.05 Å². The Labute approximate surface area is 72.7 Å². The van der Waals surface area contributed by atoms with Crippen molar-refractivity contribution in [3.05, 3.63) is 0 Å². The highest BCUT2D eigenvalue weighted by Crippen LogP contribution is 2.48. The van der Waals surface area contributed by atoms with Gasteiger partial charge < -0.3 is 11.1 Å². The molecule has 4 atom stereocenters. The lowest BCUT2D eigenvalue weighted by Gasteiger charge is -2.37. The van der Waals surface area contributed by atoms with Gasteiger partial charge in [0.05, 0.1) is 0 Å². The van der Waals surface area contributed by atoms with Gasteiger partial charge in [0.2, 0.25) is 5.91 Å². The maximum absolute atomic E-state index is 11.3. The summed E-state index contributed by atoms with van der Waals surface area (Å²) < 4.78 is 0. The minimum Gasteiger partial charge on any atom is -0.359 e. The van der Waals surface area contributed by atoms with Crippen molar-refractivity contribution >= 4 is 5.91 Å². The Bertz CT molecular complexity index is 205. The molecular weight excluding hydrogens is 152 g/mol. The molecule has 0 aromatic carbocycles. The number of fused-ring (bicyclic) bond motifs is 1. The predicted octanol–water partition coefficient (Wildman–Crippen LogP) is 0.106. The van der Waals surface area contributed by atoms with E-state index < -0.39 is 0 Å².